The van der Waals surface area contributed by atoms with Gasteiger partial charge in [-0.25, -0.2) is 9.36 Å². The monoisotopic (exact) mass is 1030 g/mol. The number of primary amides is 1. The standard InChI is InChI=1S/C46H68N9O16P/c1-6-7-13-31(51-45(65)39(26(4)5)55-40(60)30(47)21-27-11-9-8-10-12-27)42(62)53-34(22-28-14-16-29(17-15-28)71-72(68,69)70)43(63)54-35(23-36(48)56)44(64)52-33(20-25(2)3)41(61)49-24-37(57)50-32(46(66)67)18-19-38(58)59/h8-12,14-17,25-26,30-35,39H,6-7,13,18-24,47H2,1-5H3,(H2,48,56)(H,49,61)(H,50,57)(H,51,65)(H,52,64)(H,53,62)(H,54,63)(H,55,60)(H,58,59)(H,66,67)(H2,68,69,70)/t30-,31-,32-,33-,34-,35-,39-/m0/s1. The number of rotatable bonds is 32. The summed E-state index contributed by atoms with van der Waals surface area (Å²) in [7, 11) is -4.96. The van der Waals surface area contributed by atoms with Gasteiger partial charge in [0.25, 0.3) is 0 Å². The van der Waals surface area contributed by atoms with Gasteiger partial charge in [0.2, 0.25) is 47.3 Å². The van der Waals surface area contributed by atoms with Crippen LogP contribution in [-0.2, 0) is 65.4 Å². The minimum atomic E-state index is -4.96. The lowest BCUT2D eigenvalue weighted by molar-refractivity contribution is -0.143. The molecule has 25 nitrogen and oxygen atoms in total. The van der Waals surface area contributed by atoms with Crippen molar-refractivity contribution in [1.82, 2.24) is 37.2 Å². The van der Waals surface area contributed by atoms with Crippen molar-refractivity contribution < 1.29 is 77.0 Å². The molecule has 2 rings (SSSR count). The predicted octanol–water partition coefficient (Wildman–Crippen LogP) is -0.987. The summed E-state index contributed by atoms with van der Waals surface area (Å²) in [5, 5.41) is 35.4. The maximum atomic E-state index is 14.3. The van der Waals surface area contributed by atoms with Gasteiger partial charge in [-0.1, -0.05) is 89.9 Å². The summed E-state index contributed by atoms with van der Waals surface area (Å²) in [4.78, 5) is 149. The fourth-order valence-corrected chi connectivity index (χ4v) is 7.35. The topological polar surface area (TPSA) is 414 Å². The van der Waals surface area contributed by atoms with Crippen LogP contribution in [0.5, 0.6) is 5.75 Å². The van der Waals surface area contributed by atoms with E-state index in [9.17, 15) is 67.4 Å². The summed E-state index contributed by atoms with van der Waals surface area (Å²) in [6.45, 7) is 7.78. The van der Waals surface area contributed by atoms with Crippen LogP contribution in [-0.4, -0.2) is 128 Å². The van der Waals surface area contributed by atoms with Gasteiger partial charge in [0.15, 0.2) is 0 Å². The van der Waals surface area contributed by atoms with Crippen molar-refractivity contribution in [2.75, 3.05) is 6.54 Å². The third-order valence-corrected chi connectivity index (χ3v) is 11.1. The predicted molar refractivity (Wildman–Crippen MR) is 258 cm³/mol. The molecule has 0 aliphatic rings. The summed E-state index contributed by atoms with van der Waals surface area (Å²) in [6.07, 6.45) is -1.06. The molecule has 72 heavy (non-hydrogen) atoms. The average Bonchev–Trinajstić information content (AvgIpc) is 3.28. The molecule has 2 aromatic rings. The molecule has 0 aliphatic carbocycles. The molecule has 7 atom stereocenters. The van der Waals surface area contributed by atoms with Crippen molar-refractivity contribution in [3.8, 4) is 5.75 Å². The fourth-order valence-electron chi connectivity index (χ4n) is 6.95. The second-order valence-electron chi connectivity index (χ2n) is 17.8. The maximum Gasteiger partial charge on any atom is 0.524 e. The molecule has 0 heterocycles. The molecular weight excluding hydrogens is 966 g/mol. The zero-order valence-corrected chi connectivity index (χ0v) is 41.6. The lowest BCUT2D eigenvalue weighted by atomic mass is 9.99. The molecular formula is C46H68N9O16P. The van der Waals surface area contributed by atoms with E-state index >= 15 is 0 Å². The van der Waals surface area contributed by atoms with Crippen LogP contribution in [0.25, 0.3) is 0 Å². The van der Waals surface area contributed by atoms with Crippen molar-refractivity contribution in [2.45, 2.75) is 135 Å². The van der Waals surface area contributed by atoms with E-state index in [1.54, 1.807) is 52.0 Å². The molecule has 0 aromatic heterocycles. The van der Waals surface area contributed by atoms with Crippen LogP contribution in [0.15, 0.2) is 54.6 Å². The third kappa shape index (κ3) is 23.3. The Morgan fingerprint density at radius 1 is 0.639 bits per heavy atom. The molecule has 8 amide bonds. The summed E-state index contributed by atoms with van der Waals surface area (Å²) in [5.41, 5.74) is 12.7. The first-order valence-electron chi connectivity index (χ1n) is 23.1. The van der Waals surface area contributed by atoms with Crippen LogP contribution >= 0.6 is 7.82 Å². The fraction of sp³-hybridized carbons (Fsp3) is 0.522. The zero-order valence-electron chi connectivity index (χ0n) is 40.8. The van der Waals surface area contributed by atoms with E-state index in [0.29, 0.717) is 12.8 Å². The summed E-state index contributed by atoms with van der Waals surface area (Å²) in [5.74, 6) is -11.2. The highest BCUT2D eigenvalue weighted by molar-refractivity contribution is 7.46. The van der Waals surface area contributed by atoms with Gasteiger partial charge >= 0.3 is 19.8 Å². The number of hydrogen-bond donors (Lipinski definition) is 13. The normalized spacial score (nSPS) is 14.2. The van der Waals surface area contributed by atoms with E-state index < -0.39 is 141 Å². The molecule has 0 fully saturated rings. The molecule has 0 spiro atoms. The summed E-state index contributed by atoms with van der Waals surface area (Å²) < 4.78 is 16.0. The Balaban J connectivity index is 2.43. The number of phosphoric acid groups is 1. The van der Waals surface area contributed by atoms with Gasteiger partial charge < -0.3 is 63.4 Å². The first kappa shape index (κ1) is 61.2. The molecule has 2 aromatic carbocycles. The highest BCUT2D eigenvalue weighted by atomic mass is 31.2. The van der Waals surface area contributed by atoms with E-state index in [0.717, 1.165) is 5.56 Å². The number of amides is 8. The van der Waals surface area contributed by atoms with E-state index in [-0.39, 0.29) is 42.9 Å². The molecule has 26 heteroatoms. The number of carbonyl (C=O) groups is 10. The molecule has 0 unspecified atom stereocenters. The summed E-state index contributed by atoms with van der Waals surface area (Å²) >= 11 is 0. The van der Waals surface area contributed by atoms with Gasteiger partial charge in [0, 0.05) is 12.8 Å². The van der Waals surface area contributed by atoms with Gasteiger partial charge in [0.05, 0.1) is 19.0 Å². The number of hydrogen-bond acceptors (Lipinski definition) is 13. The third-order valence-electron chi connectivity index (χ3n) is 10.7. The molecule has 398 valence electrons. The smallest absolute Gasteiger partial charge is 0.481 e. The Bertz CT molecular complexity index is 2240. The second kappa shape index (κ2) is 30.0. The number of benzene rings is 2. The highest BCUT2D eigenvalue weighted by Gasteiger charge is 2.35. The Morgan fingerprint density at radius 3 is 1.74 bits per heavy atom. The molecule has 0 saturated carbocycles. The van der Waals surface area contributed by atoms with E-state index in [1.165, 1.54) is 24.3 Å². The number of nitrogens with one attached hydrogen (secondary N) is 7. The molecule has 0 bridgehead atoms. The Labute approximate surface area is 416 Å². The van der Waals surface area contributed by atoms with E-state index in [2.05, 4.69) is 41.7 Å². The number of aliphatic carboxylic acids is 2. The molecule has 0 saturated heterocycles. The number of carbonyl (C=O) groups excluding carboxylic acids is 8. The average molecular weight is 1030 g/mol. The van der Waals surface area contributed by atoms with Crippen molar-refractivity contribution in [1.29, 1.82) is 0 Å². The maximum absolute atomic E-state index is 14.3. The van der Waals surface area contributed by atoms with Crippen LogP contribution in [0, 0.1) is 11.8 Å². The van der Waals surface area contributed by atoms with E-state index in [4.69, 9.17) is 16.6 Å². The van der Waals surface area contributed by atoms with Gasteiger partial charge in [-0.3, -0.25) is 52.9 Å². The Kier molecular flexibility index (Phi) is 25.5. The number of carboxylic acids is 2. The van der Waals surface area contributed by atoms with Crippen LogP contribution < -0.4 is 53.2 Å². The first-order chi connectivity index (χ1) is 33.7. The Hall–Kier alpha value is -6.95. The van der Waals surface area contributed by atoms with Gasteiger partial charge in [-0.05, 0) is 60.8 Å². The van der Waals surface area contributed by atoms with Crippen LogP contribution in [0.3, 0.4) is 0 Å². The van der Waals surface area contributed by atoms with Crippen LogP contribution in [0.2, 0.25) is 0 Å². The van der Waals surface area contributed by atoms with Crippen molar-refractivity contribution >= 4 is 67.0 Å². The van der Waals surface area contributed by atoms with Gasteiger partial charge in [-0.2, -0.15) is 0 Å². The Morgan fingerprint density at radius 2 is 1.19 bits per heavy atom. The van der Waals surface area contributed by atoms with E-state index in [1.807, 2.05) is 13.0 Å². The van der Waals surface area contributed by atoms with Gasteiger partial charge in [-0.15, -0.1) is 0 Å². The molecule has 15 N–H and O–H groups in total. The molecule has 0 radical (unpaired) electrons. The largest absolute Gasteiger partial charge is 0.524 e. The first-order valence-corrected chi connectivity index (χ1v) is 24.7. The summed E-state index contributed by atoms with van der Waals surface area (Å²) in [6, 6.07) is 4.12. The lowest BCUT2D eigenvalue weighted by Crippen LogP contribution is -2.60. The van der Waals surface area contributed by atoms with Crippen molar-refractivity contribution in [3.63, 3.8) is 0 Å². The lowest BCUT2D eigenvalue weighted by Gasteiger charge is -2.28. The van der Waals surface area contributed by atoms with Crippen molar-refractivity contribution in [2.24, 2.45) is 23.3 Å². The SMILES string of the molecule is CCCC[C@H](NC(=O)[C@@H](NC(=O)[C@@H](N)Cc1ccccc1)C(C)C)C(=O)N[C@@H](Cc1ccc(OP(=O)(O)O)cc1)C(=O)N[C@@H](CC(N)=O)C(=O)N[C@@H](CC(C)C)C(=O)NCC(=O)N[C@@H](CCC(=O)O)C(=O)O. The number of nitrogens with two attached hydrogens (primary N) is 2. The molecule has 0 aliphatic heterocycles. The van der Waals surface area contributed by atoms with Crippen LogP contribution in [0.4, 0.5) is 0 Å². The highest BCUT2D eigenvalue weighted by Crippen LogP contribution is 2.37. The number of carboxylic acid groups (broad SMARTS) is 2. The minimum absolute atomic E-state index is 0.0556. The minimum Gasteiger partial charge on any atom is -0.481 e. The zero-order chi connectivity index (χ0) is 54.3. The van der Waals surface area contributed by atoms with Gasteiger partial charge in [0.1, 0.15) is 42.0 Å². The number of phosphoric ester groups is 1. The van der Waals surface area contributed by atoms with Crippen molar-refractivity contribution in [3.05, 3.63) is 65.7 Å². The van der Waals surface area contributed by atoms with Crippen LogP contribution in [0.1, 0.15) is 90.7 Å². The number of unbranched alkanes of at least 4 members (excludes halogenated alkanes) is 1. The second-order valence-corrected chi connectivity index (χ2v) is 18.9. The quantitative estimate of drug-likeness (QED) is 0.0391.